The molecule has 0 unspecified atom stereocenters. The van der Waals surface area contributed by atoms with Crippen molar-refractivity contribution in [1.82, 2.24) is 10.6 Å². The van der Waals surface area contributed by atoms with E-state index in [0.717, 1.165) is 16.9 Å². The fourth-order valence-corrected chi connectivity index (χ4v) is 5.26. The van der Waals surface area contributed by atoms with Crippen LogP contribution in [0.2, 0.25) is 0 Å². The summed E-state index contributed by atoms with van der Waals surface area (Å²) in [5.74, 6) is -0.606. The molecule has 4 atom stereocenters. The number of hydrogen-bond acceptors (Lipinski definition) is 6. The molecule has 0 aromatic heterocycles. The monoisotopic (exact) mass is 580 g/mol. The Kier molecular flexibility index (Phi) is 16.2. The summed E-state index contributed by atoms with van der Waals surface area (Å²) in [4.78, 5) is 38.9. The van der Waals surface area contributed by atoms with Gasteiger partial charge in [0.25, 0.3) is 0 Å². The van der Waals surface area contributed by atoms with Crippen LogP contribution < -0.4 is 10.6 Å². The third-order valence-corrected chi connectivity index (χ3v) is 7.69. The van der Waals surface area contributed by atoms with E-state index in [2.05, 4.69) is 23.8 Å². The van der Waals surface area contributed by atoms with Crippen molar-refractivity contribution in [3.63, 3.8) is 0 Å². The van der Waals surface area contributed by atoms with Crippen LogP contribution in [0.1, 0.15) is 43.7 Å². The van der Waals surface area contributed by atoms with E-state index in [9.17, 15) is 19.5 Å². The fraction of sp³-hybridized carbons (Fsp3) is 0.424. The SMILES string of the molecule is C=CCC[C@H](Cc1ccccc1)C(=O)OC[C@H](CSCc1ccccc1)NC(=O)[C@H](CC=C)CC(=O)N[C@H](C)CO. The van der Waals surface area contributed by atoms with E-state index in [1.54, 1.807) is 30.8 Å². The maximum Gasteiger partial charge on any atom is 0.309 e. The van der Waals surface area contributed by atoms with E-state index in [0.29, 0.717) is 31.4 Å². The molecule has 2 amide bonds. The van der Waals surface area contributed by atoms with Gasteiger partial charge >= 0.3 is 5.97 Å². The zero-order chi connectivity index (χ0) is 29.9. The Morgan fingerprint density at radius 3 is 2.22 bits per heavy atom. The van der Waals surface area contributed by atoms with Gasteiger partial charge in [-0.2, -0.15) is 11.8 Å². The van der Waals surface area contributed by atoms with E-state index in [4.69, 9.17) is 4.74 Å². The lowest BCUT2D eigenvalue weighted by Gasteiger charge is -2.23. The minimum atomic E-state index is -0.630. The molecule has 0 bridgehead atoms. The largest absolute Gasteiger partial charge is 0.463 e. The first-order chi connectivity index (χ1) is 19.9. The molecule has 7 nitrogen and oxygen atoms in total. The predicted molar refractivity (Wildman–Crippen MR) is 166 cm³/mol. The van der Waals surface area contributed by atoms with Crippen LogP contribution in [0.4, 0.5) is 0 Å². The standard InChI is InChI=1S/C33H44N2O5S/c1-4-6-18-29(19-26-14-9-7-10-15-26)33(39)40-22-30(24-41-23-27-16-11-8-12-17-27)35-32(38)28(13-5-2)20-31(37)34-25(3)21-36/h4-5,7-12,14-17,25,28-30,36H,1-2,6,13,18-24H2,3H3,(H,34,37)(H,35,38)/t25-,28-,29-,30-/m1/s1. The Morgan fingerprint density at radius 2 is 1.61 bits per heavy atom. The second-order valence-corrected chi connectivity index (χ2v) is 11.2. The molecule has 0 heterocycles. The fourth-order valence-electron chi connectivity index (χ4n) is 4.25. The van der Waals surface area contributed by atoms with Crippen molar-refractivity contribution in [3.05, 3.63) is 97.1 Å². The van der Waals surface area contributed by atoms with Gasteiger partial charge in [0.2, 0.25) is 11.8 Å². The van der Waals surface area contributed by atoms with Crippen molar-refractivity contribution < 1.29 is 24.2 Å². The summed E-state index contributed by atoms with van der Waals surface area (Å²) in [6.07, 6.45) is 5.57. The Bertz CT molecular complexity index is 1080. The number of amides is 2. The quantitative estimate of drug-likeness (QED) is 0.153. The second kappa shape index (κ2) is 19.7. The molecule has 0 aliphatic heterocycles. The maximum absolute atomic E-state index is 13.3. The van der Waals surface area contributed by atoms with Gasteiger partial charge in [0.15, 0.2) is 0 Å². The highest BCUT2D eigenvalue weighted by molar-refractivity contribution is 7.98. The van der Waals surface area contributed by atoms with Crippen LogP contribution in [0, 0.1) is 11.8 Å². The number of carbonyl (C=O) groups is 3. The van der Waals surface area contributed by atoms with Gasteiger partial charge in [-0.15, -0.1) is 13.2 Å². The van der Waals surface area contributed by atoms with E-state index >= 15 is 0 Å². The normalized spacial score (nSPS) is 13.7. The Labute approximate surface area is 248 Å². The third kappa shape index (κ3) is 13.7. The first-order valence-electron chi connectivity index (χ1n) is 14.1. The van der Waals surface area contributed by atoms with E-state index in [1.807, 2.05) is 60.7 Å². The summed E-state index contributed by atoms with van der Waals surface area (Å²) in [6.45, 7) is 9.05. The van der Waals surface area contributed by atoms with Gasteiger partial charge in [-0.05, 0) is 43.7 Å². The number of ether oxygens (including phenoxy) is 1. The zero-order valence-corrected chi connectivity index (χ0v) is 24.8. The lowest BCUT2D eigenvalue weighted by Crippen LogP contribution is -2.45. The number of hydrogen-bond donors (Lipinski definition) is 3. The smallest absolute Gasteiger partial charge is 0.309 e. The minimum absolute atomic E-state index is 0.0281. The van der Waals surface area contributed by atoms with E-state index < -0.39 is 18.0 Å². The lowest BCUT2D eigenvalue weighted by molar-refractivity contribution is -0.150. The van der Waals surface area contributed by atoms with Crippen LogP contribution in [-0.4, -0.2) is 53.9 Å². The average molecular weight is 581 g/mol. The molecule has 222 valence electrons. The van der Waals surface area contributed by atoms with Gasteiger partial charge in [-0.25, -0.2) is 0 Å². The van der Waals surface area contributed by atoms with Crippen LogP contribution in [-0.2, 0) is 31.3 Å². The third-order valence-electron chi connectivity index (χ3n) is 6.52. The van der Waals surface area contributed by atoms with Crippen LogP contribution >= 0.6 is 11.8 Å². The number of thioether (sulfide) groups is 1. The topological polar surface area (TPSA) is 105 Å². The van der Waals surface area contributed by atoms with Crippen molar-refractivity contribution >= 4 is 29.5 Å². The van der Waals surface area contributed by atoms with Crippen molar-refractivity contribution in [1.29, 1.82) is 0 Å². The molecule has 0 fully saturated rings. The Balaban J connectivity index is 2.08. The van der Waals surface area contributed by atoms with Crippen molar-refractivity contribution in [3.8, 4) is 0 Å². The molecule has 2 aromatic rings. The highest BCUT2D eigenvalue weighted by Crippen LogP contribution is 2.19. The molecule has 0 saturated carbocycles. The summed E-state index contributed by atoms with van der Waals surface area (Å²) in [6, 6.07) is 19.0. The molecular weight excluding hydrogens is 536 g/mol. The number of carbonyl (C=O) groups excluding carboxylic acids is 3. The van der Waals surface area contributed by atoms with Gasteiger partial charge in [-0.1, -0.05) is 72.8 Å². The van der Waals surface area contributed by atoms with Crippen molar-refractivity contribution in [2.75, 3.05) is 19.0 Å². The van der Waals surface area contributed by atoms with Crippen molar-refractivity contribution in [2.24, 2.45) is 11.8 Å². The van der Waals surface area contributed by atoms with E-state index in [1.165, 1.54) is 0 Å². The number of benzene rings is 2. The molecule has 0 saturated heterocycles. The predicted octanol–water partition coefficient (Wildman–Crippen LogP) is 4.85. The molecule has 3 N–H and O–H groups in total. The van der Waals surface area contributed by atoms with Gasteiger partial charge in [-0.3, -0.25) is 14.4 Å². The molecule has 0 radical (unpaired) electrons. The highest BCUT2D eigenvalue weighted by atomic mass is 32.2. The first kappa shape index (κ1) is 33.8. The van der Waals surface area contributed by atoms with Crippen LogP contribution in [0.3, 0.4) is 0 Å². The lowest BCUT2D eigenvalue weighted by atomic mass is 9.95. The number of rotatable bonds is 20. The molecule has 0 aliphatic carbocycles. The van der Waals surface area contributed by atoms with Gasteiger partial charge < -0.3 is 20.5 Å². The molecule has 0 spiro atoms. The number of esters is 1. The Morgan fingerprint density at radius 1 is 0.951 bits per heavy atom. The molecule has 41 heavy (non-hydrogen) atoms. The summed E-state index contributed by atoms with van der Waals surface area (Å²) < 4.78 is 5.80. The van der Waals surface area contributed by atoms with Gasteiger partial charge in [0.05, 0.1) is 24.5 Å². The first-order valence-corrected chi connectivity index (χ1v) is 15.3. The molecule has 0 aliphatic rings. The summed E-state index contributed by atoms with van der Waals surface area (Å²) in [5, 5.41) is 14.9. The summed E-state index contributed by atoms with van der Waals surface area (Å²) in [7, 11) is 0. The molecule has 8 heteroatoms. The average Bonchev–Trinajstić information content (AvgIpc) is 2.98. The van der Waals surface area contributed by atoms with Gasteiger partial charge in [0.1, 0.15) is 6.61 Å². The number of nitrogens with one attached hydrogen (secondary N) is 2. The number of aliphatic hydroxyl groups excluding tert-OH is 1. The minimum Gasteiger partial charge on any atom is -0.463 e. The van der Waals surface area contributed by atoms with Crippen LogP contribution in [0.25, 0.3) is 0 Å². The number of allylic oxidation sites excluding steroid dienone is 2. The van der Waals surface area contributed by atoms with E-state index in [-0.39, 0.29) is 43.3 Å². The maximum atomic E-state index is 13.3. The second-order valence-electron chi connectivity index (χ2n) is 10.2. The summed E-state index contributed by atoms with van der Waals surface area (Å²) in [5.41, 5.74) is 2.22. The highest BCUT2D eigenvalue weighted by Gasteiger charge is 2.26. The molecule has 2 aromatic carbocycles. The summed E-state index contributed by atoms with van der Waals surface area (Å²) >= 11 is 1.64. The molecular formula is C33H44N2O5S. The number of aliphatic hydroxyl groups is 1. The Hall–Kier alpha value is -3.36. The zero-order valence-electron chi connectivity index (χ0n) is 24.0. The molecule has 2 rings (SSSR count). The van der Waals surface area contributed by atoms with Crippen molar-refractivity contribution in [2.45, 2.75) is 56.9 Å². The van der Waals surface area contributed by atoms with Crippen LogP contribution in [0.5, 0.6) is 0 Å². The van der Waals surface area contributed by atoms with Crippen LogP contribution in [0.15, 0.2) is 86.0 Å². The van der Waals surface area contributed by atoms with Gasteiger partial charge in [0, 0.05) is 24.0 Å².